The van der Waals surface area contributed by atoms with Crippen LogP contribution in [0.4, 0.5) is 0 Å². The van der Waals surface area contributed by atoms with Gasteiger partial charge < -0.3 is 9.30 Å². The largest absolute Gasteiger partial charge is 0.496 e. The summed E-state index contributed by atoms with van der Waals surface area (Å²) in [5.41, 5.74) is 2.56. The molecule has 1 aromatic heterocycles. The molecule has 0 N–H and O–H groups in total. The van der Waals surface area contributed by atoms with Crippen LogP contribution in [-0.4, -0.2) is 52.1 Å². The molecule has 1 unspecified atom stereocenters. The third-order valence-electron chi connectivity index (χ3n) is 4.94. The summed E-state index contributed by atoms with van der Waals surface area (Å²) in [6, 6.07) is 6.94. The summed E-state index contributed by atoms with van der Waals surface area (Å²) in [7, 11) is 3.81. The lowest BCUT2D eigenvalue weighted by Gasteiger charge is -2.39. The van der Waals surface area contributed by atoms with Crippen LogP contribution in [0.25, 0.3) is 0 Å². The van der Waals surface area contributed by atoms with E-state index < -0.39 is 0 Å². The van der Waals surface area contributed by atoms with Crippen LogP contribution in [-0.2, 0) is 20.1 Å². The Labute approximate surface area is 144 Å². The Kier molecular flexibility index (Phi) is 5.21. The molecule has 1 aromatic carbocycles. The topological polar surface area (TPSA) is 33.5 Å². The maximum Gasteiger partial charge on any atom is 0.123 e. The van der Waals surface area contributed by atoms with Gasteiger partial charge in [-0.1, -0.05) is 17.7 Å². The number of aromatic nitrogens is 2. The molecule has 1 aliphatic rings. The number of piperazine rings is 1. The molecule has 2 aromatic rings. The highest BCUT2D eigenvalue weighted by Crippen LogP contribution is 2.23. The maximum atomic E-state index is 5.53. The summed E-state index contributed by atoms with van der Waals surface area (Å²) in [6.45, 7) is 9.53. The molecule has 5 nitrogen and oxygen atoms in total. The summed E-state index contributed by atoms with van der Waals surface area (Å²) < 4.78 is 7.63. The Morgan fingerprint density at radius 1 is 1.25 bits per heavy atom. The van der Waals surface area contributed by atoms with Gasteiger partial charge in [-0.25, -0.2) is 4.98 Å². The Morgan fingerprint density at radius 3 is 2.75 bits per heavy atom. The van der Waals surface area contributed by atoms with Crippen LogP contribution >= 0.6 is 0 Å². The molecule has 130 valence electrons. The van der Waals surface area contributed by atoms with Crippen LogP contribution in [0.15, 0.2) is 30.6 Å². The molecule has 1 fully saturated rings. The molecule has 2 heterocycles. The van der Waals surface area contributed by atoms with E-state index in [9.17, 15) is 0 Å². The molecule has 24 heavy (non-hydrogen) atoms. The Hall–Kier alpha value is -1.85. The zero-order valence-electron chi connectivity index (χ0n) is 15.2. The minimum absolute atomic E-state index is 0.520. The van der Waals surface area contributed by atoms with Crippen LogP contribution in [0.2, 0.25) is 0 Å². The first-order valence-corrected chi connectivity index (χ1v) is 8.63. The van der Waals surface area contributed by atoms with Crippen molar-refractivity contribution in [2.24, 2.45) is 7.05 Å². The van der Waals surface area contributed by atoms with Crippen LogP contribution < -0.4 is 4.74 Å². The third-order valence-corrected chi connectivity index (χ3v) is 4.94. The van der Waals surface area contributed by atoms with Crippen molar-refractivity contribution in [2.45, 2.75) is 33.0 Å². The van der Waals surface area contributed by atoms with Gasteiger partial charge in [0.25, 0.3) is 0 Å². The van der Waals surface area contributed by atoms with Gasteiger partial charge in [0.2, 0.25) is 0 Å². The van der Waals surface area contributed by atoms with Crippen LogP contribution in [0, 0.1) is 6.92 Å². The lowest BCUT2D eigenvalue weighted by Crippen LogP contribution is -2.51. The molecular formula is C19H28N4O. The van der Waals surface area contributed by atoms with Crippen molar-refractivity contribution in [1.82, 2.24) is 19.4 Å². The van der Waals surface area contributed by atoms with Crippen molar-refractivity contribution >= 4 is 0 Å². The van der Waals surface area contributed by atoms with Gasteiger partial charge in [-0.3, -0.25) is 9.80 Å². The fourth-order valence-corrected chi connectivity index (χ4v) is 3.45. The van der Waals surface area contributed by atoms with E-state index in [-0.39, 0.29) is 0 Å². The maximum absolute atomic E-state index is 5.53. The second-order valence-electron chi connectivity index (χ2n) is 6.82. The Bertz CT molecular complexity index is 682. The van der Waals surface area contributed by atoms with Crippen molar-refractivity contribution in [3.63, 3.8) is 0 Å². The summed E-state index contributed by atoms with van der Waals surface area (Å²) in [5.74, 6) is 2.12. The van der Waals surface area contributed by atoms with E-state index in [4.69, 9.17) is 4.74 Å². The number of aryl methyl sites for hydroxylation is 2. The van der Waals surface area contributed by atoms with Gasteiger partial charge in [-0.05, 0) is 19.9 Å². The second kappa shape index (κ2) is 7.36. The number of imidazole rings is 1. The van der Waals surface area contributed by atoms with E-state index in [0.717, 1.165) is 44.3 Å². The molecule has 5 heteroatoms. The number of rotatable bonds is 5. The standard InChI is InChI=1S/C19H28N4O/c1-15-5-6-18(24-4)17(11-15)13-22-9-10-23(16(2)12-22)14-19-20-7-8-21(19)3/h5-8,11,16H,9-10,12-14H2,1-4H3. The minimum Gasteiger partial charge on any atom is -0.496 e. The van der Waals surface area contributed by atoms with Crippen LogP contribution in [0.5, 0.6) is 5.75 Å². The lowest BCUT2D eigenvalue weighted by molar-refractivity contribution is 0.0703. The quantitative estimate of drug-likeness (QED) is 0.844. The average Bonchev–Trinajstić information content (AvgIpc) is 2.95. The molecule has 1 saturated heterocycles. The molecular weight excluding hydrogens is 300 g/mol. The first kappa shape index (κ1) is 17.0. The van der Waals surface area contributed by atoms with E-state index in [0.29, 0.717) is 6.04 Å². The molecule has 1 atom stereocenters. The van der Waals surface area contributed by atoms with Crippen LogP contribution in [0.3, 0.4) is 0 Å². The van der Waals surface area contributed by atoms with E-state index in [1.54, 1.807) is 7.11 Å². The molecule has 0 aliphatic carbocycles. The number of hydrogen-bond donors (Lipinski definition) is 0. The van der Waals surface area contributed by atoms with Gasteiger partial charge in [0.05, 0.1) is 13.7 Å². The Morgan fingerprint density at radius 2 is 2.08 bits per heavy atom. The normalized spacial score (nSPS) is 19.6. The molecule has 0 saturated carbocycles. The zero-order chi connectivity index (χ0) is 17.1. The first-order chi connectivity index (χ1) is 11.6. The SMILES string of the molecule is COc1ccc(C)cc1CN1CCN(Cc2nccn2C)C(C)C1. The lowest BCUT2D eigenvalue weighted by atomic mass is 10.1. The summed E-state index contributed by atoms with van der Waals surface area (Å²) in [5, 5.41) is 0. The summed E-state index contributed by atoms with van der Waals surface area (Å²) in [6.07, 6.45) is 3.89. The Balaban J connectivity index is 1.61. The van der Waals surface area contributed by atoms with Gasteiger partial charge in [0.15, 0.2) is 0 Å². The van der Waals surface area contributed by atoms with Crippen molar-refractivity contribution in [2.75, 3.05) is 26.7 Å². The number of nitrogens with zero attached hydrogens (tertiary/aromatic N) is 4. The third kappa shape index (κ3) is 3.79. The van der Waals surface area contributed by atoms with E-state index in [1.807, 2.05) is 12.4 Å². The van der Waals surface area contributed by atoms with Gasteiger partial charge in [-0.15, -0.1) is 0 Å². The van der Waals surface area contributed by atoms with Crippen molar-refractivity contribution < 1.29 is 4.74 Å². The number of hydrogen-bond acceptors (Lipinski definition) is 4. The smallest absolute Gasteiger partial charge is 0.123 e. The predicted molar refractivity (Wildman–Crippen MR) is 96.1 cm³/mol. The van der Waals surface area contributed by atoms with Gasteiger partial charge >= 0.3 is 0 Å². The van der Waals surface area contributed by atoms with Crippen molar-refractivity contribution in [3.05, 3.63) is 47.5 Å². The van der Waals surface area contributed by atoms with Gasteiger partial charge in [0.1, 0.15) is 11.6 Å². The molecule has 3 rings (SSSR count). The zero-order valence-corrected chi connectivity index (χ0v) is 15.2. The van der Waals surface area contributed by atoms with Crippen molar-refractivity contribution in [1.29, 1.82) is 0 Å². The predicted octanol–water partition coefficient (Wildman–Crippen LogP) is 2.44. The van der Waals surface area contributed by atoms with E-state index in [1.165, 1.54) is 11.1 Å². The van der Waals surface area contributed by atoms with Crippen molar-refractivity contribution in [3.8, 4) is 5.75 Å². The highest BCUT2D eigenvalue weighted by atomic mass is 16.5. The van der Waals surface area contributed by atoms with Crippen LogP contribution in [0.1, 0.15) is 23.9 Å². The highest BCUT2D eigenvalue weighted by Gasteiger charge is 2.25. The number of ether oxygens (including phenoxy) is 1. The molecule has 0 amide bonds. The number of methoxy groups -OCH3 is 1. The monoisotopic (exact) mass is 328 g/mol. The van der Waals surface area contributed by atoms with E-state index in [2.05, 4.69) is 58.4 Å². The second-order valence-corrected chi connectivity index (χ2v) is 6.82. The number of benzene rings is 1. The average molecular weight is 328 g/mol. The highest BCUT2D eigenvalue weighted by molar-refractivity contribution is 5.36. The minimum atomic E-state index is 0.520. The molecule has 0 bridgehead atoms. The fraction of sp³-hybridized carbons (Fsp3) is 0.526. The van der Waals surface area contributed by atoms with Gasteiger partial charge in [-0.2, -0.15) is 0 Å². The van der Waals surface area contributed by atoms with Gasteiger partial charge in [0, 0.05) is 57.2 Å². The molecule has 0 spiro atoms. The first-order valence-electron chi connectivity index (χ1n) is 8.63. The summed E-state index contributed by atoms with van der Waals surface area (Å²) in [4.78, 5) is 9.50. The fourth-order valence-electron chi connectivity index (χ4n) is 3.45. The van der Waals surface area contributed by atoms with E-state index >= 15 is 0 Å². The molecule has 1 aliphatic heterocycles. The summed E-state index contributed by atoms with van der Waals surface area (Å²) >= 11 is 0. The molecule has 0 radical (unpaired) electrons.